The first kappa shape index (κ1) is 25.2. The summed E-state index contributed by atoms with van der Waals surface area (Å²) in [6.45, 7) is 1.96. The van der Waals surface area contributed by atoms with Gasteiger partial charge < -0.3 is 4.74 Å². The summed E-state index contributed by atoms with van der Waals surface area (Å²) in [6.07, 6.45) is -3.61. The fourth-order valence-electron chi connectivity index (χ4n) is 3.12. The molecule has 0 aliphatic heterocycles. The van der Waals surface area contributed by atoms with Gasteiger partial charge in [0, 0.05) is 12.1 Å². The Morgan fingerprint density at radius 1 is 0.765 bits per heavy atom. The van der Waals surface area contributed by atoms with Gasteiger partial charge in [-0.15, -0.1) is 0 Å². The van der Waals surface area contributed by atoms with Crippen molar-refractivity contribution in [1.82, 2.24) is 0 Å². The van der Waals surface area contributed by atoms with Crippen molar-refractivity contribution in [2.24, 2.45) is 0 Å². The Kier molecular flexibility index (Phi) is 7.28. The molecule has 0 heterocycles. The van der Waals surface area contributed by atoms with E-state index in [1.807, 2.05) is 6.92 Å². The minimum absolute atomic E-state index is 0.0424. The van der Waals surface area contributed by atoms with Crippen molar-refractivity contribution in [3.8, 4) is 16.9 Å². The molecule has 0 saturated heterocycles. The molecule has 0 spiro atoms. The Labute approximate surface area is 188 Å². The number of aryl methyl sites for hydroxylation is 1. The Bertz CT molecular complexity index is 1190. The van der Waals surface area contributed by atoms with Gasteiger partial charge in [-0.25, -0.2) is 26.3 Å². The summed E-state index contributed by atoms with van der Waals surface area (Å²) >= 11 is 0. The molecule has 0 saturated carbocycles. The van der Waals surface area contributed by atoms with Crippen molar-refractivity contribution in [3.05, 3.63) is 94.6 Å². The topological polar surface area (TPSA) is 9.23 Å². The molecule has 0 bridgehead atoms. The molecule has 0 unspecified atom stereocenters. The highest BCUT2D eigenvalue weighted by molar-refractivity contribution is 5.70. The normalized spacial score (nSPS) is 12.5. The first-order chi connectivity index (χ1) is 15.9. The van der Waals surface area contributed by atoms with E-state index in [9.17, 15) is 39.5 Å². The van der Waals surface area contributed by atoms with Crippen LogP contribution in [0.3, 0.4) is 0 Å². The Morgan fingerprint density at radius 3 is 1.79 bits per heavy atom. The first-order valence-electron chi connectivity index (χ1n) is 9.80. The zero-order valence-electron chi connectivity index (χ0n) is 17.3. The van der Waals surface area contributed by atoms with Crippen LogP contribution in [0.15, 0.2) is 54.4 Å². The molecule has 0 aromatic heterocycles. The molecule has 0 N–H and O–H groups in total. The van der Waals surface area contributed by atoms with Gasteiger partial charge in [0.1, 0.15) is 17.4 Å². The number of halogens is 9. The molecule has 1 nitrogen and oxygen atoms in total. The summed E-state index contributed by atoms with van der Waals surface area (Å²) in [4.78, 5) is 0. The van der Waals surface area contributed by atoms with Crippen LogP contribution in [0.25, 0.3) is 17.0 Å². The van der Waals surface area contributed by atoms with Gasteiger partial charge in [0.15, 0.2) is 23.3 Å². The van der Waals surface area contributed by atoms with E-state index in [1.54, 1.807) is 24.3 Å². The fourth-order valence-corrected chi connectivity index (χ4v) is 3.12. The third-order valence-corrected chi connectivity index (χ3v) is 4.74. The largest absolute Gasteiger partial charge is 0.457 e. The second-order valence-electron chi connectivity index (χ2n) is 7.21. The number of hydrogen-bond donors (Lipinski definition) is 0. The summed E-state index contributed by atoms with van der Waals surface area (Å²) in [5.74, 6) is -16.4. The number of alkyl halides is 2. The minimum Gasteiger partial charge on any atom is -0.427 e. The van der Waals surface area contributed by atoms with Crippen LogP contribution >= 0.6 is 0 Å². The first-order valence-corrected chi connectivity index (χ1v) is 9.80. The highest BCUT2D eigenvalue weighted by Crippen LogP contribution is 2.38. The fraction of sp³-hybridized carbons (Fsp3) is 0.167. The lowest BCUT2D eigenvalue weighted by Gasteiger charge is -2.17. The van der Waals surface area contributed by atoms with Crippen molar-refractivity contribution in [1.29, 1.82) is 0 Å². The summed E-state index contributed by atoms with van der Waals surface area (Å²) in [7, 11) is 0. The van der Waals surface area contributed by atoms with Gasteiger partial charge in [0.2, 0.25) is 5.83 Å². The van der Waals surface area contributed by atoms with Crippen LogP contribution in [-0.4, -0.2) is 6.11 Å². The summed E-state index contributed by atoms with van der Waals surface area (Å²) < 4.78 is 129. The Morgan fingerprint density at radius 2 is 1.29 bits per heavy atom. The van der Waals surface area contributed by atoms with Gasteiger partial charge in [0.25, 0.3) is 0 Å². The van der Waals surface area contributed by atoms with Crippen molar-refractivity contribution >= 4 is 5.83 Å². The van der Waals surface area contributed by atoms with E-state index in [2.05, 4.69) is 4.74 Å². The second kappa shape index (κ2) is 9.82. The van der Waals surface area contributed by atoms with Crippen molar-refractivity contribution < 1.29 is 44.3 Å². The highest BCUT2D eigenvalue weighted by Gasteiger charge is 2.43. The van der Waals surface area contributed by atoms with Crippen LogP contribution in [0, 0.1) is 29.1 Å². The maximum absolute atomic E-state index is 14.5. The molecule has 3 aromatic rings. The number of ether oxygens (including phenoxy) is 1. The monoisotopic (exact) mass is 490 g/mol. The third kappa shape index (κ3) is 5.21. The SMILES string of the molecule is CCCc1ccc(-c2cc(F)c(/C(F)=C(\F)C(F)(F)Oc3cc(F)c(F)c(F)c3)c(F)c2)cc1. The third-order valence-electron chi connectivity index (χ3n) is 4.74. The van der Waals surface area contributed by atoms with Gasteiger partial charge in [-0.2, -0.15) is 13.2 Å². The lowest BCUT2D eigenvalue weighted by atomic mass is 10.00. The molecule has 3 rings (SSSR count). The van der Waals surface area contributed by atoms with Crippen LogP contribution in [-0.2, 0) is 6.42 Å². The standard InChI is InChI=1S/C24H15F9O/c1-2-3-12-4-6-13(7-5-12)14-8-16(25)20(17(26)9-14)22(30)23(31)24(32,33)34-15-10-18(27)21(29)19(28)11-15/h4-11H,2-3H2,1H3/b23-22+. The smallest absolute Gasteiger partial charge is 0.427 e. The van der Waals surface area contributed by atoms with E-state index in [0.717, 1.165) is 18.4 Å². The van der Waals surface area contributed by atoms with Gasteiger partial charge >= 0.3 is 6.11 Å². The molecule has 3 aromatic carbocycles. The van der Waals surface area contributed by atoms with E-state index in [4.69, 9.17) is 0 Å². The zero-order chi connectivity index (χ0) is 25.2. The van der Waals surface area contributed by atoms with Gasteiger partial charge in [-0.3, -0.25) is 0 Å². The van der Waals surface area contributed by atoms with Crippen molar-refractivity contribution in [2.75, 3.05) is 0 Å². The van der Waals surface area contributed by atoms with Crippen molar-refractivity contribution in [3.63, 3.8) is 0 Å². The second-order valence-corrected chi connectivity index (χ2v) is 7.21. The zero-order valence-corrected chi connectivity index (χ0v) is 17.3. The van der Waals surface area contributed by atoms with Gasteiger partial charge in [-0.05, 0) is 35.2 Å². The minimum atomic E-state index is -5.24. The number of rotatable bonds is 7. The maximum atomic E-state index is 14.5. The summed E-state index contributed by atoms with van der Waals surface area (Å²) in [5.41, 5.74) is -0.495. The van der Waals surface area contributed by atoms with E-state index in [0.29, 0.717) is 17.7 Å². The van der Waals surface area contributed by atoms with E-state index < -0.39 is 58.2 Å². The van der Waals surface area contributed by atoms with Crippen molar-refractivity contribution in [2.45, 2.75) is 25.9 Å². The van der Waals surface area contributed by atoms with E-state index in [1.165, 1.54) is 0 Å². The molecule has 34 heavy (non-hydrogen) atoms. The van der Waals surface area contributed by atoms with E-state index in [-0.39, 0.29) is 17.7 Å². The molecule has 10 heteroatoms. The quantitative estimate of drug-likeness (QED) is 0.239. The van der Waals surface area contributed by atoms with Crippen LogP contribution in [0.5, 0.6) is 5.75 Å². The van der Waals surface area contributed by atoms with E-state index >= 15 is 0 Å². The van der Waals surface area contributed by atoms with Gasteiger partial charge in [0.05, 0.1) is 5.56 Å². The molecular formula is C24H15F9O. The Balaban J connectivity index is 1.95. The molecule has 0 amide bonds. The highest BCUT2D eigenvalue weighted by atomic mass is 19.3. The number of benzene rings is 3. The maximum Gasteiger partial charge on any atom is 0.457 e. The predicted octanol–water partition coefficient (Wildman–Crippen LogP) is 8.28. The summed E-state index contributed by atoms with van der Waals surface area (Å²) in [6, 6.07) is 7.69. The lowest BCUT2D eigenvalue weighted by Crippen LogP contribution is -2.26. The van der Waals surface area contributed by atoms with Crippen LogP contribution in [0.2, 0.25) is 0 Å². The average Bonchev–Trinajstić information content (AvgIpc) is 2.76. The molecule has 0 aliphatic rings. The predicted molar refractivity (Wildman–Crippen MR) is 107 cm³/mol. The summed E-state index contributed by atoms with van der Waals surface area (Å²) in [5, 5.41) is 0. The molecule has 0 radical (unpaired) electrons. The number of hydrogen-bond acceptors (Lipinski definition) is 1. The van der Waals surface area contributed by atoms with Crippen LogP contribution in [0.4, 0.5) is 39.5 Å². The molecule has 180 valence electrons. The molecule has 0 aliphatic carbocycles. The average molecular weight is 490 g/mol. The molecular weight excluding hydrogens is 475 g/mol. The van der Waals surface area contributed by atoms with Crippen LogP contribution in [0.1, 0.15) is 24.5 Å². The molecule has 0 fully saturated rings. The molecule has 0 atom stereocenters. The Hall–Kier alpha value is -3.43. The van der Waals surface area contributed by atoms with Crippen LogP contribution < -0.4 is 4.74 Å². The van der Waals surface area contributed by atoms with Gasteiger partial charge in [-0.1, -0.05) is 37.6 Å². The lowest BCUT2D eigenvalue weighted by molar-refractivity contribution is -0.156.